The number of esters is 2. The quantitative estimate of drug-likeness (QED) is 0.221. The van der Waals surface area contributed by atoms with E-state index < -0.39 is 26.3 Å². The molecule has 2 bridgehead atoms. The van der Waals surface area contributed by atoms with Crippen molar-refractivity contribution < 1.29 is 14.3 Å². The van der Waals surface area contributed by atoms with Crippen LogP contribution in [0.15, 0.2) is 91.0 Å². The molecule has 34 heavy (non-hydrogen) atoms. The summed E-state index contributed by atoms with van der Waals surface area (Å²) in [6.45, 7) is 4.52. The van der Waals surface area contributed by atoms with Crippen LogP contribution in [0.25, 0.3) is 10.9 Å². The van der Waals surface area contributed by atoms with Gasteiger partial charge >= 0.3 is 11.9 Å². The van der Waals surface area contributed by atoms with E-state index in [1.165, 1.54) is 16.5 Å². The normalized spacial score (nSPS) is 29.6. The maximum absolute atomic E-state index is 13.4. The minimum atomic E-state index is -0.897. The Labute approximate surface area is 202 Å². The van der Waals surface area contributed by atoms with Crippen LogP contribution in [-0.2, 0) is 19.5 Å². The predicted molar refractivity (Wildman–Crippen MR) is 140 cm³/mol. The third kappa shape index (κ3) is 2.97. The zero-order valence-electron chi connectivity index (χ0n) is 19.2. The molecule has 3 aliphatic rings. The first-order chi connectivity index (χ1) is 16.5. The topological polar surface area (TPSA) is 43.4 Å². The SMILES string of the molecule is CC(C)CP1P2C(c3ccccc3)=C(c3ccccc3)[C@@]1(c1ccccc1)[C@H]1C(=O)OC(=O)[C@H]12. The molecule has 6 rings (SSSR count). The van der Waals surface area contributed by atoms with E-state index in [1.54, 1.807) is 0 Å². The van der Waals surface area contributed by atoms with Crippen molar-refractivity contribution in [3.8, 4) is 0 Å². The van der Waals surface area contributed by atoms with Crippen LogP contribution in [0.5, 0.6) is 0 Å². The summed E-state index contributed by atoms with van der Waals surface area (Å²) in [4.78, 5) is 26.7. The lowest BCUT2D eigenvalue weighted by atomic mass is 9.74. The zero-order chi connectivity index (χ0) is 23.4. The smallest absolute Gasteiger partial charge is 0.322 e. The fourth-order valence-corrected chi connectivity index (χ4v) is 18.4. The molecule has 2 fully saturated rings. The lowest BCUT2D eigenvalue weighted by molar-refractivity contribution is -0.153. The fourth-order valence-electron chi connectivity index (χ4n) is 6.03. The van der Waals surface area contributed by atoms with Gasteiger partial charge in [-0.3, -0.25) is 9.59 Å². The van der Waals surface area contributed by atoms with Crippen LogP contribution in [0.4, 0.5) is 0 Å². The summed E-state index contributed by atoms with van der Waals surface area (Å²) in [6.07, 6.45) is 1.02. The molecule has 0 saturated carbocycles. The van der Waals surface area contributed by atoms with Gasteiger partial charge in [-0.05, 0) is 47.3 Å². The Morgan fingerprint density at radius 1 is 0.794 bits per heavy atom. The molecule has 3 nitrogen and oxygen atoms in total. The highest BCUT2D eigenvalue weighted by atomic mass is 32.1. The van der Waals surface area contributed by atoms with Crippen molar-refractivity contribution in [2.45, 2.75) is 24.7 Å². The fraction of sp³-hybridized carbons (Fsp3) is 0.241. The molecule has 3 aromatic rings. The number of benzene rings is 3. The van der Waals surface area contributed by atoms with Gasteiger partial charge in [0.2, 0.25) is 0 Å². The molecule has 0 spiro atoms. The summed E-state index contributed by atoms with van der Waals surface area (Å²) >= 11 is 0. The largest absolute Gasteiger partial charge is 0.392 e. The van der Waals surface area contributed by atoms with E-state index in [0.29, 0.717) is 5.92 Å². The van der Waals surface area contributed by atoms with E-state index >= 15 is 0 Å². The van der Waals surface area contributed by atoms with Crippen molar-refractivity contribution in [3.05, 3.63) is 108 Å². The summed E-state index contributed by atoms with van der Waals surface area (Å²) in [5, 5.41) is 0.776. The van der Waals surface area contributed by atoms with Gasteiger partial charge < -0.3 is 4.74 Å². The van der Waals surface area contributed by atoms with Gasteiger partial charge in [0.1, 0.15) is 5.66 Å². The molecule has 3 aromatic carbocycles. The molecule has 2 saturated heterocycles. The summed E-state index contributed by atoms with van der Waals surface area (Å²) in [6, 6.07) is 31.5. The van der Waals surface area contributed by atoms with Crippen LogP contribution >= 0.6 is 15.2 Å². The number of allylic oxidation sites excluding steroid dienone is 1. The first kappa shape index (κ1) is 21.9. The van der Waals surface area contributed by atoms with E-state index in [-0.39, 0.29) is 17.6 Å². The number of rotatable bonds is 5. The van der Waals surface area contributed by atoms with E-state index in [0.717, 1.165) is 17.3 Å². The Bertz CT molecular complexity index is 1290. The molecular formula is C29H26O3P2. The lowest BCUT2D eigenvalue weighted by Crippen LogP contribution is -2.39. The van der Waals surface area contributed by atoms with Crippen molar-refractivity contribution in [2.75, 3.05) is 6.16 Å². The maximum atomic E-state index is 13.4. The Morgan fingerprint density at radius 3 is 1.94 bits per heavy atom. The summed E-state index contributed by atoms with van der Waals surface area (Å²) in [7, 11) is -1.60. The molecule has 5 atom stereocenters. The van der Waals surface area contributed by atoms with E-state index in [9.17, 15) is 9.59 Å². The van der Waals surface area contributed by atoms with E-state index in [4.69, 9.17) is 4.74 Å². The average Bonchev–Trinajstić information content (AvgIpc) is 3.43. The van der Waals surface area contributed by atoms with Crippen molar-refractivity contribution in [1.29, 1.82) is 0 Å². The number of cyclic esters (lactones) is 2. The van der Waals surface area contributed by atoms with Crippen LogP contribution in [0, 0.1) is 11.8 Å². The summed E-state index contributed by atoms with van der Waals surface area (Å²) in [5.41, 5.74) is 4.37. The van der Waals surface area contributed by atoms with Crippen molar-refractivity contribution >= 4 is 38.0 Å². The predicted octanol–water partition coefficient (Wildman–Crippen LogP) is 7.08. The van der Waals surface area contributed by atoms with Crippen LogP contribution in [0.2, 0.25) is 0 Å². The Morgan fingerprint density at radius 2 is 1.35 bits per heavy atom. The Kier molecular flexibility index (Phi) is 5.32. The van der Waals surface area contributed by atoms with Crippen LogP contribution in [0.3, 0.4) is 0 Å². The Hall–Kier alpha value is -2.60. The molecule has 0 aromatic heterocycles. The first-order valence-corrected chi connectivity index (χ1v) is 15.4. The minimum Gasteiger partial charge on any atom is -0.392 e. The number of carbonyl (C=O) groups excluding carboxylic acids is 2. The standard InChI is InChI=1S/C29H26O3P2/c1-19(2)18-33-29(22-16-10-5-11-17-22)23(20-12-6-3-7-13-20)25(21-14-8-4-9-15-21)34(33)26-24(29)27(30)32-28(26)31/h3-17,19,24,26H,18H2,1-2H3/t24-,26+,29+,33?,34?/m1/s1. The highest BCUT2D eigenvalue weighted by molar-refractivity contribution is 8.36. The monoisotopic (exact) mass is 484 g/mol. The molecule has 3 aliphatic heterocycles. The minimum absolute atomic E-state index is 0.310. The highest BCUT2D eigenvalue weighted by Crippen LogP contribution is 3.00. The molecule has 0 N–H and O–H groups in total. The van der Waals surface area contributed by atoms with Crippen LogP contribution in [0.1, 0.15) is 30.5 Å². The summed E-state index contributed by atoms with van der Waals surface area (Å²) < 4.78 is 5.40. The third-order valence-electron chi connectivity index (χ3n) is 7.10. The molecule has 170 valence electrons. The lowest BCUT2D eigenvalue weighted by Gasteiger charge is -2.40. The number of fused-ring (bicyclic) bond motifs is 5. The van der Waals surface area contributed by atoms with E-state index in [2.05, 4.69) is 86.6 Å². The molecule has 0 amide bonds. The molecule has 0 aliphatic carbocycles. The van der Waals surface area contributed by atoms with Gasteiger partial charge in [-0.15, -0.1) is 0 Å². The van der Waals surface area contributed by atoms with Crippen LogP contribution in [-0.4, -0.2) is 23.8 Å². The second-order valence-corrected chi connectivity index (χ2v) is 15.9. The second-order valence-electron chi connectivity index (χ2n) is 9.57. The molecular weight excluding hydrogens is 458 g/mol. The molecule has 3 heterocycles. The van der Waals surface area contributed by atoms with Gasteiger partial charge in [0, 0.05) is 0 Å². The number of hydrogen-bond donors (Lipinski definition) is 0. The van der Waals surface area contributed by atoms with Gasteiger partial charge in [-0.25, -0.2) is 0 Å². The summed E-state index contributed by atoms with van der Waals surface area (Å²) in [5.74, 6) is -0.617. The van der Waals surface area contributed by atoms with E-state index in [1.807, 2.05) is 18.2 Å². The number of ether oxygens (including phenoxy) is 1. The highest BCUT2D eigenvalue weighted by Gasteiger charge is 2.75. The van der Waals surface area contributed by atoms with Crippen molar-refractivity contribution in [1.82, 2.24) is 0 Å². The average molecular weight is 484 g/mol. The van der Waals surface area contributed by atoms with Gasteiger partial charge in [0.15, 0.2) is 0 Å². The number of carbonyl (C=O) groups is 2. The Balaban J connectivity index is 1.76. The first-order valence-electron chi connectivity index (χ1n) is 11.8. The molecule has 0 radical (unpaired) electrons. The third-order valence-corrected chi connectivity index (χ3v) is 16.6. The van der Waals surface area contributed by atoms with Crippen LogP contribution < -0.4 is 0 Å². The molecule has 2 unspecified atom stereocenters. The van der Waals surface area contributed by atoms with Gasteiger partial charge in [0.25, 0.3) is 0 Å². The van der Waals surface area contributed by atoms with Crippen molar-refractivity contribution in [3.63, 3.8) is 0 Å². The van der Waals surface area contributed by atoms with Crippen molar-refractivity contribution in [2.24, 2.45) is 11.8 Å². The second kappa shape index (κ2) is 8.26. The molecule has 5 heteroatoms. The number of hydrogen-bond acceptors (Lipinski definition) is 3. The maximum Gasteiger partial charge on any atom is 0.322 e. The van der Waals surface area contributed by atoms with Gasteiger partial charge in [-0.2, -0.15) is 0 Å². The zero-order valence-corrected chi connectivity index (χ0v) is 21.0. The van der Waals surface area contributed by atoms with Gasteiger partial charge in [0.05, 0.1) is 11.1 Å². The van der Waals surface area contributed by atoms with Gasteiger partial charge in [-0.1, -0.05) is 112 Å².